The van der Waals surface area contributed by atoms with Gasteiger partial charge in [-0.05, 0) is 48.5 Å². The third kappa shape index (κ3) is 4.27. The first-order valence-corrected chi connectivity index (χ1v) is 11.6. The molecule has 2 aliphatic carbocycles. The minimum Gasteiger partial charge on any atom is -0.507 e. The van der Waals surface area contributed by atoms with Crippen LogP contribution in [0.15, 0.2) is 35.6 Å². The molecule has 1 amide bonds. The molecule has 32 heavy (non-hydrogen) atoms. The topological polar surface area (TPSA) is 115 Å². The third-order valence-electron chi connectivity index (χ3n) is 7.75. The Labute approximate surface area is 189 Å². The minimum absolute atomic E-state index is 0.214. The second kappa shape index (κ2) is 9.22. The highest BCUT2D eigenvalue weighted by molar-refractivity contribution is 6.27. The van der Waals surface area contributed by atoms with Crippen molar-refractivity contribution in [1.82, 2.24) is 4.90 Å². The number of aliphatic hydroxyl groups is 2. The lowest BCUT2D eigenvalue weighted by atomic mass is 9.65. The molecule has 1 heterocycles. The fourth-order valence-corrected chi connectivity index (χ4v) is 5.44. The van der Waals surface area contributed by atoms with Gasteiger partial charge in [0.15, 0.2) is 11.4 Å². The number of aliphatic hydroxyl groups excluding tert-OH is 1. The predicted octanol–water partition coefficient (Wildman–Crippen LogP) is 3.25. The number of likely N-dealkylation sites (tertiary alicyclic amines) is 1. The first-order valence-electron chi connectivity index (χ1n) is 11.6. The Kier molecular flexibility index (Phi) is 6.98. The zero-order valence-electron chi connectivity index (χ0n) is 19.3. The average molecular weight is 446 g/mol. The van der Waals surface area contributed by atoms with E-state index in [1.54, 1.807) is 13.8 Å². The van der Waals surface area contributed by atoms with Gasteiger partial charge in [-0.25, -0.2) is 4.79 Å². The highest BCUT2D eigenvalue weighted by atomic mass is 16.4. The summed E-state index contributed by atoms with van der Waals surface area (Å²) in [7, 11) is 1.39. The lowest BCUT2D eigenvalue weighted by molar-refractivity contribution is -0.166. The Morgan fingerprint density at radius 2 is 1.88 bits per heavy atom. The predicted molar refractivity (Wildman–Crippen MR) is 120 cm³/mol. The molecule has 6 unspecified atom stereocenters. The molecule has 0 bridgehead atoms. The number of carbonyl (C=O) groups excluding carboxylic acids is 2. The van der Waals surface area contributed by atoms with Crippen molar-refractivity contribution in [3.8, 4) is 0 Å². The summed E-state index contributed by atoms with van der Waals surface area (Å²) in [5.41, 5.74) is -2.50. The maximum absolute atomic E-state index is 13.0. The van der Waals surface area contributed by atoms with E-state index in [9.17, 15) is 29.7 Å². The number of Topliss-reactive ketones (excluding diaryl/α,β-unsaturated/α-hetero) is 1. The molecule has 176 valence electrons. The van der Waals surface area contributed by atoms with Crippen LogP contribution in [-0.2, 0) is 14.4 Å². The minimum atomic E-state index is -2.16. The van der Waals surface area contributed by atoms with E-state index >= 15 is 0 Å². The Hall–Kier alpha value is -2.41. The maximum Gasteiger partial charge on any atom is 0.336 e. The van der Waals surface area contributed by atoms with Crippen molar-refractivity contribution in [2.45, 2.75) is 64.5 Å². The van der Waals surface area contributed by atoms with Gasteiger partial charge in [-0.1, -0.05) is 51.8 Å². The van der Waals surface area contributed by atoms with Gasteiger partial charge < -0.3 is 20.2 Å². The van der Waals surface area contributed by atoms with Gasteiger partial charge in [0.2, 0.25) is 0 Å². The van der Waals surface area contributed by atoms with Crippen LogP contribution < -0.4 is 0 Å². The van der Waals surface area contributed by atoms with Crippen LogP contribution in [0.25, 0.3) is 0 Å². The number of nitrogens with zero attached hydrogens (tertiary/aromatic N) is 1. The highest BCUT2D eigenvalue weighted by Gasteiger charge is 2.50. The second-order valence-corrected chi connectivity index (χ2v) is 9.94. The average Bonchev–Trinajstić information content (AvgIpc) is 2.95. The molecular weight excluding hydrogens is 410 g/mol. The molecule has 1 saturated heterocycles. The number of hydrogen-bond donors (Lipinski definition) is 3. The van der Waals surface area contributed by atoms with Crippen LogP contribution >= 0.6 is 0 Å². The molecule has 7 nitrogen and oxygen atoms in total. The molecule has 0 aromatic carbocycles. The summed E-state index contributed by atoms with van der Waals surface area (Å²) < 4.78 is 0. The van der Waals surface area contributed by atoms with E-state index < -0.39 is 47.4 Å². The number of aliphatic carboxylic acids is 1. The van der Waals surface area contributed by atoms with Crippen LogP contribution in [0.4, 0.5) is 0 Å². The van der Waals surface area contributed by atoms with Gasteiger partial charge >= 0.3 is 5.97 Å². The summed E-state index contributed by atoms with van der Waals surface area (Å²) in [5, 5.41) is 30.8. The summed E-state index contributed by atoms with van der Waals surface area (Å²) in [6.07, 6.45) is 12.1. The molecule has 0 spiro atoms. The molecule has 0 aromatic heterocycles. The van der Waals surface area contributed by atoms with Crippen LogP contribution in [0.1, 0.15) is 52.9 Å². The number of fused-ring (bicyclic) bond motifs is 1. The zero-order valence-corrected chi connectivity index (χ0v) is 19.3. The maximum atomic E-state index is 13.0. The second-order valence-electron chi connectivity index (χ2n) is 9.94. The number of rotatable bonds is 6. The van der Waals surface area contributed by atoms with Crippen molar-refractivity contribution < 1.29 is 29.7 Å². The quantitative estimate of drug-likeness (QED) is 0.250. The molecule has 2 fully saturated rings. The molecule has 3 aliphatic rings. The van der Waals surface area contributed by atoms with Gasteiger partial charge in [0, 0.05) is 13.5 Å². The number of allylic oxidation sites excluding steroid dienone is 4. The summed E-state index contributed by atoms with van der Waals surface area (Å²) in [6.45, 7) is 5.23. The highest BCUT2D eigenvalue weighted by Crippen LogP contribution is 2.43. The van der Waals surface area contributed by atoms with Crippen LogP contribution in [0, 0.1) is 29.6 Å². The molecule has 1 saturated carbocycles. The van der Waals surface area contributed by atoms with Crippen molar-refractivity contribution in [1.29, 1.82) is 0 Å². The van der Waals surface area contributed by atoms with E-state index in [0.29, 0.717) is 17.8 Å². The van der Waals surface area contributed by atoms with E-state index in [4.69, 9.17) is 0 Å². The number of carboxylic acid groups (broad SMARTS) is 1. The van der Waals surface area contributed by atoms with Crippen LogP contribution in [0.5, 0.6) is 0 Å². The van der Waals surface area contributed by atoms with Gasteiger partial charge in [0.05, 0.1) is 6.04 Å². The number of likely N-dealkylation sites (N-methyl/N-ethyl adjacent to an activating group) is 1. The van der Waals surface area contributed by atoms with E-state index in [1.165, 1.54) is 26.0 Å². The normalized spacial score (nSPS) is 34.2. The van der Waals surface area contributed by atoms with Crippen LogP contribution in [0.2, 0.25) is 0 Å². The number of hydrogen-bond acceptors (Lipinski definition) is 5. The molecular formula is C25H35NO6. The third-order valence-corrected chi connectivity index (χ3v) is 7.75. The Morgan fingerprint density at radius 1 is 1.22 bits per heavy atom. The monoisotopic (exact) mass is 445 g/mol. The van der Waals surface area contributed by atoms with Crippen molar-refractivity contribution >= 4 is 17.7 Å². The number of carboxylic acids is 1. The van der Waals surface area contributed by atoms with Gasteiger partial charge in [-0.3, -0.25) is 9.59 Å². The van der Waals surface area contributed by atoms with Gasteiger partial charge in [0.1, 0.15) is 11.3 Å². The van der Waals surface area contributed by atoms with Crippen molar-refractivity contribution in [3.05, 3.63) is 35.6 Å². The summed E-state index contributed by atoms with van der Waals surface area (Å²) in [4.78, 5) is 38.5. The standard InChI is InChI=1S/C25H35NO6/c1-14(2)25(32,24(30)31)13-19-22(28)21(23(29)26(19)4)20(27)12-11-17-15(3)9-10-16-7-5-6-8-18(16)17/h9-12,14-19,27,32H,5-8,13H2,1-4H3,(H,30,31)/b12-11+,21-20+. The van der Waals surface area contributed by atoms with Crippen LogP contribution in [-0.4, -0.2) is 56.6 Å². The number of carbonyl (C=O) groups is 3. The Morgan fingerprint density at radius 3 is 2.50 bits per heavy atom. The van der Waals surface area contributed by atoms with E-state index in [0.717, 1.165) is 17.7 Å². The number of amides is 1. The Bertz CT molecular complexity index is 872. The lowest BCUT2D eigenvalue weighted by Gasteiger charge is -2.40. The van der Waals surface area contributed by atoms with Crippen molar-refractivity contribution in [2.24, 2.45) is 29.6 Å². The Balaban J connectivity index is 1.85. The van der Waals surface area contributed by atoms with Crippen LogP contribution in [0.3, 0.4) is 0 Å². The van der Waals surface area contributed by atoms with Gasteiger partial charge in [0.25, 0.3) is 5.91 Å². The summed E-state index contributed by atoms with van der Waals surface area (Å²) >= 11 is 0. The fraction of sp³-hybridized carbons (Fsp3) is 0.640. The summed E-state index contributed by atoms with van der Waals surface area (Å²) in [6, 6.07) is -1.14. The first kappa shape index (κ1) is 24.2. The van der Waals surface area contributed by atoms with Crippen molar-refractivity contribution in [2.75, 3.05) is 7.05 Å². The van der Waals surface area contributed by atoms with E-state index in [2.05, 4.69) is 19.1 Å². The van der Waals surface area contributed by atoms with Gasteiger partial charge in [-0.15, -0.1) is 0 Å². The van der Waals surface area contributed by atoms with E-state index in [1.807, 2.05) is 6.08 Å². The number of ketones is 1. The van der Waals surface area contributed by atoms with E-state index in [-0.39, 0.29) is 11.5 Å². The molecule has 0 aromatic rings. The van der Waals surface area contributed by atoms with Crippen molar-refractivity contribution in [3.63, 3.8) is 0 Å². The largest absolute Gasteiger partial charge is 0.507 e. The summed E-state index contributed by atoms with van der Waals surface area (Å²) in [5.74, 6) is -2.30. The molecule has 6 atom stereocenters. The zero-order chi connectivity index (χ0) is 23.8. The smallest absolute Gasteiger partial charge is 0.336 e. The molecule has 0 radical (unpaired) electrons. The molecule has 1 aliphatic heterocycles. The SMILES string of the molecule is CC1C=CC2CCCCC2C1/C=C/C(O)=C1/C(=O)C(CC(O)(C(=O)O)C(C)C)N(C)C1=O. The molecule has 3 N–H and O–H groups in total. The molecule has 3 rings (SSSR count). The van der Waals surface area contributed by atoms with Gasteiger partial charge in [-0.2, -0.15) is 0 Å². The fourth-order valence-electron chi connectivity index (χ4n) is 5.44. The first-order chi connectivity index (χ1) is 15.0. The lowest BCUT2D eigenvalue weighted by Crippen LogP contribution is -2.49. The molecule has 7 heteroatoms.